The molecule has 1 radical (unpaired) electrons. The maximum absolute atomic E-state index is 11.2. The van der Waals surface area contributed by atoms with Gasteiger partial charge in [0.25, 0.3) is 0 Å². The first-order valence-electron chi connectivity index (χ1n) is 7.48. The van der Waals surface area contributed by atoms with E-state index < -0.39 is 0 Å². The second-order valence-corrected chi connectivity index (χ2v) is 4.48. The predicted octanol–water partition coefficient (Wildman–Crippen LogP) is 4.44. The summed E-state index contributed by atoms with van der Waals surface area (Å²) in [7, 11) is 0. The van der Waals surface area contributed by atoms with Gasteiger partial charge in [-0.3, -0.25) is 9.59 Å². The summed E-state index contributed by atoms with van der Waals surface area (Å²) in [6.07, 6.45) is 4.23. The molecule has 1 atom stereocenters. The zero-order valence-corrected chi connectivity index (χ0v) is 16.1. The Labute approximate surface area is 155 Å². The van der Waals surface area contributed by atoms with E-state index in [-0.39, 0.29) is 50.2 Å². The Kier molecular flexibility index (Phi) is 17.5. The molecule has 3 heteroatoms. The van der Waals surface area contributed by atoms with Crippen LogP contribution in [0.4, 0.5) is 0 Å². The van der Waals surface area contributed by atoms with Gasteiger partial charge in [0.2, 0.25) is 0 Å². The SMILES string of the molecule is CC.[CH2-]CCC(=O)CC1CCCC1=O.[Y].[c-]1ccccc1. The average molecular weight is 363 g/mol. The van der Waals surface area contributed by atoms with Gasteiger partial charge in [0, 0.05) is 51.5 Å². The van der Waals surface area contributed by atoms with Crippen molar-refractivity contribution in [1.82, 2.24) is 0 Å². The molecule has 2 rings (SSSR count). The maximum atomic E-state index is 11.2. The van der Waals surface area contributed by atoms with Crippen molar-refractivity contribution in [3.63, 3.8) is 0 Å². The van der Waals surface area contributed by atoms with Crippen LogP contribution in [0.15, 0.2) is 30.3 Å². The van der Waals surface area contributed by atoms with Crippen molar-refractivity contribution in [2.24, 2.45) is 5.92 Å². The van der Waals surface area contributed by atoms with E-state index in [4.69, 9.17) is 0 Å². The van der Waals surface area contributed by atoms with Crippen LogP contribution in [0.1, 0.15) is 52.4 Å². The Balaban J connectivity index is 0. The molecule has 0 amide bonds. The van der Waals surface area contributed by atoms with E-state index in [0.29, 0.717) is 25.7 Å². The fourth-order valence-corrected chi connectivity index (χ4v) is 2.02. The Bertz CT molecular complexity index is 336. The summed E-state index contributed by atoms with van der Waals surface area (Å²) in [5.41, 5.74) is 0. The molecule has 0 N–H and O–H groups in total. The van der Waals surface area contributed by atoms with Crippen molar-refractivity contribution in [2.75, 3.05) is 0 Å². The first-order chi connectivity index (χ1) is 9.74. The van der Waals surface area contributed by atoms with Crippen LogP contribution >= 0.6 is 0 Å². The molecule has 1 unspecified atom stereocenters. The van der Waals surface area contributed by atoms with E-state index >= 15 is 0 Å². The number of Topliss-reactive ketones (excluding diaryl/α,β-unsaturated/α-hetero) is 2. The Morgan fingerprint density at radius 1 is 1.29 bits per heavy atom. The number of carbonyl (C=O) groups is 2. The van der Waals surface area contributed by atoms with Crippen LogP contribution in [0, 0.1) is 18.9 Å². The molecule has 1 aliphatic carbocycles. The van der Waals surface area contributed by atoms with Gasteiger partial charge in [0.1, 0.15) is 11.6 Å². The van der Waals surface area contributed by atoms with Gasteiger partial charge in [-0.2, -0.15) is 42.8 Å². The van der Waals surface area contributed by atoms with Gasteiger partial charge in [-0.25, -0.2) is 0 Å². The topological polar surface area (TPSA) is 34.1 Å². The molecule has 0 aliphatic heterocycles. The minimum absolute atomic E-state index is 0. The van der Waals surface area contributed by atoms with Gasteiger partial charge in [0.15, 0.2) is 0 Å². The summed E-state index contributed by atoms with van der Waals surface area (Å²) in [6.45, 7) is 7.61. The molecule has 0 bridgehead atoms. The molecular weight excluding hydrogens is 337 g/mol. The van der Waals surface area contributed by atoms with Crippen molar-refractivity contribution in [3.05, 3.63) is 43.3 Å². The molecule has 0 saturated heterocycles. The third-order valence-electron chi connectivity index (χ3n) is 2.97. The van der Waals surface area contributed by atoms with Crippen LogP contribution in [-0.4, -0.2) is 11.6 Å². The first kappa shape index (κ1) is 22.9. The summed E-state index contributed by atoms with van der Waals surface area (Å²) in [4.78, 5) is 22.3. The van der Waals surface area contributed by atoms with Crippen molar-refractivity contribution < 1.29 is 42.3 Å². The van der Waals surface area contributed by atoms with Gasteiger partial charge in [-0.15, -0.1) is 0 Å². The summed E-state index contributed by atoms with van der Waals surface area (Å²) < 4.78 is 0. The molecule has 0 heterocycles. The first-order valence-corrected chi connectivity index (χ1v) is 7.48. The van der Waals surface area contributed by atoms with Crippen molar-refractivity contribution in [2.45, 2.75) is 52.4 Å². The fraction of sp³-hybridized carbons (Fsp3) is 0.500. The van der Waals surface area contributed by atoms with Crippen molar-refractivity contribution in [1.29, 1.82) is 0 Å². The third kappa shape index (κ3) is 11.9. The number of carbonyl (C=O) groups excluding carboxylic acids is 2. The summed E-state index contributed by atoms with van der Waals surface area (Å²) in [6, 6.07) is 12.5. The zero-order valence-electron chi connectivity index (χ0n) is 13.3. The summed E-state index contributed by atoms with van der Waals surface area (Å²) in [5, 5.41) is 0. The molecule has 1 saturated carbocycles. The van der Waals surface area contributed by atoms with Gasteiger partial charge in [-0.05, 0) is 19.3 Å². The number of hydrogen-bond acceptors (Lipinski definition) is 2. The van der Waals surface area contributed by atoms with Gasteiger partial charge in [-0.1, -0.05) is 13.8 Å². The molecule has 1 fully saturated rings. The molecule has 21 heavy (non-hydrogen) atoms. The number of ketones is 2. The molecule has 115 valence electrons. The number of hydrogen-bond donors (Lipinski definition) is 0. The zero-order chi connectivity index (χ0) is 15.2. The standard InChI is InChI=1S/C10H15O2.C6H5.C2H6.Y/c1-2-4-9(11)7-8-5-3-6-10(8)12;1-2-4-6-5-3-1;1-2;/h8H,1-7H2;1-5H;1-2H3;/q2*-1;;. The monoisotopic (exact) mass is 363 g/mol. The van der Waals surface area contributed by atoms with E-state index in [2.05, 4.69) is 13.0 Å². The quantitative estimate of drug-likeness (QED) is 0.741. The van der Waals surface area contributed by atoms with Crippen molar-refractivity contribution in [3.8, 4) is 0 Å². The van der Waals surface area contributed by atoms with E-state index in [9.17, 15) is 9.59 Å². The van der Waals surface area contributed by atoms with Crippen LogP contribution in [0.3, 0.4) is 0 Å². The van der Waals surface area contributed by atoms with E-state index in [0.717, 1.165) is 12.8 Å². The molecule has 2 nitrogen and oxygen atoms in total. The van der Waals surface area contributed by atoms with Gasteiger partial charge >= 0.3 is 0 Å². The van der Waals surface area contributed by atoms with E-state index in [1.54, 1.807) is 0 Å². The number of benzene rings is 1. The normalized spacial score (nSPS) is 15.8. The van der Waals surface area contributed by atoms with Crippen molar-refractivity contribution >= 4 is 11.6 Å². The van der Waals surface area contributed by atoms with Crippen LogP contribution < -0.4 is 0 Å². The summed E-state index contributed by atoms with van der Waals surface area (Å²) >= 11 is 0. The Morgan fingerprint density at radius 3 is 2.24 bits per heavy atom. The van der Waals surface area contributed by atoms with E-state index in [1.807, 2.05) is 44.2 Å². The minimum atomic E-state index is 0. The van der Waals surface area contributed by atoms with Crippen LogP contribution in [0.5, 0.6) is 0 Å². The van der Waals surface area contributed by atoms with Gasteiger partial charge < -0.3 is 6.92 Å². The fourth-order valence-electron chi connectivity index (χ4n) is 2.02. The smallest absolute Gasteiger partial charge is 0.136 e. The predicted molar refractivity (Wildman–Crippen MR) is 83.2 cm³/mol. The average Bonchev–Trinajstić information content (AvgIpc) is 2.89. The van der Waals surface area contributed by atoms with Crippen LogP contribution in [0.2, 0.25) is 0 Å². The van der Waals surface area contributed by atoms with Gasteiger partial charge in [0.05, 0.1) is 0 Å². The minimum Gasteiger partial charge on any atom is -0.343 e. The molecule has 1 aromatic rings. The summed E-state index contributed by atoms with van der Waals surface area (Å²) in [5.74, 6) is 0.529. The van der Waals surface area contributed by atoms with E-state index in [1.165, 1.54) is 0 Å². The molecule has 1 aromatic carbocycles. The second kappa shape index (κ2) is 16.0. The molecule has 0 spiro atoms. The third-order valence-corrected chi connectivity index (χ3v) is 2.97. The largest absolute Gasteiger partial charge is 0.343 e. The molecule has 0 aromatic heterocycles. The number of rotatable bonds is 4. The maximum Gasteiger partial charge on any atom is 0.136 e. The Morgan fingerprint density at radius 2 is 1.90 bits per heavy atom. The van der Waals surface area contributed by atoms with Crippen LogP contribution in [0.25, 0.3) is 0 Å². The molecule has 1 aliphatic rings. The molecular formula is C18H26O2Y-2. The van der Waals surface area contributed by atoms with Crippen LogP contribution in [-0.2, 0) is 42.3 Å². The Hall–Kier alpha value is -0.336. The second-order valence-electron chi connectivity index (χ2n) is 4.48.